The van der Waals surface area contributed by atoms with Crippen molar-refractivity contribution in [3.63, 3.8) is 0 Å². The Bertz CT molecular complexity index is 632. The van der Waals surface area contributed by atoms with Crippen molar-refractivity contribution < 1.29 is 9.84 Å². The van der Waals surface area contributed by atoms with Crippen LogP contribution in [0.15, 0.2) is 18.2 Å². The van der Waals surface area contributed by atoms with Crippen molar-refractivity contribution in [2.45, 2.75) is 45.6 Å². The SMILES string of the molecule is Cc1cccc(OCCc2nc(C3CC3)c(CO)s2)c1C. The fraction of sp³-hybridized carbons (Fsp3) is 0.471. The highest BCUT2D eigenvalue weighted by Crippen LogP contribution is 2.42. The van der Waals surface area contributed by atoms with Gasteiger partial charge in [-0.15, -0.1) is 11.3 Å². The number of aliphatic hydroxyl groups is 1. The summed E-state index contributed by atoms with van der Waals surface area (Å²) in [5.41, 5.74) is 3.58. The molecule has 1 aliphatic rings. The molecule has 0 amide bonds. The van der Waals surface area contributed by atoms with Gasteiger partial charge >= 0.3 is 0 Å². The maximum absolute atomic E-state index is 9.42. The third-order valence-corrected chi connectivity index (χ3v) is 5.12. The summed E-state index contributed by atoms with van der Waals surface area (Å²) in [5.74, 6) is 1.55. The smallest absolute Gasteiger partial charge is 0.122 e. The number of benzene rings is 1. The molecule has 112 valence electrons. The number of rotatable bonds is 6. The van der Waals surface area contributed by atoms with Crippen molar-refractivity contribution in [3.05, 3.63) is 44.9 Å². The molecule has 0 unspecified atom stereocenters. The van der Waals surface area contributed by atoms with Crippen LogP contribution < -0.4 is 4.74 Å². The first kappa shape index (κ1) is 14.5. The molecule has 1 aromatic carbocycles. The summed E-state index contributed by atoms with van der Waals surface area (Å²) in [4.78, 5) is 5.73. The van der Waals surface area contributed by atoms with Gasteiger partial charge < -0.3 is 9.84 Å². The van der Waals surface area contributed by atoms with Crippen LogP contribution in [-0.4, -0.2) is 16.7 Å². The van der Waals surface area contributed by atoms with Gasteiger partial charge in [-0.2, -0.15) is 0 Å². The molecular formula is C17H21NO2S. The molecule has 1 N–H and O–H groups in total. The van der Waals surface area contributed by atoms with Crippen molar-refractivity contribution in [2.24, 2.45) is 0 Å². The van der Waals surface area contributed by atoms with Crippen molar-refractivity contribution in [2.75, 3.05) is 6.61 Å². The van der Waals surface area contributed by atoms with Gasteiger partial charge in [-0.1, -0.05) is 12.1 Å². The lowest BCUT2D eigenvalue weighted by atomic mass is 10.1. The summed E-state index contributed by atoms with van der Waals surface area (Å²) >= 11 is 1.63. The average molecular weight is 303 g/mol. The average Bonchev–Trinajstić information content (AvgIpc) is 3.24. The van der Waals surface area contributed by atoms with Gasteiger partial charge in [0.2, 0.25) is 0 Å². The van der Waals surface area contributed by atoms with E-state index in [1.54, 1.807) is 11.3 Å². The van der Waals surface area contributed by atoms with E-state index in [2.05, 4.69) is 19.9 Å². The number of hydrogen-bond acceptors (Lipinski definition) is 4. The Balaban J connectivity index is 1.61. The molecule has 1 aromatic heterocycles. The molecule has 0 aliphatic heterocycles. The minimum atomic E-state index is 0.112. The molecule has 1 saturated carbocycles. The van der Waals surface area contributed by atoms with Crippen molar-refractivity contribution in [1.82, 2.24) is 4.98 Å². The summed E-state index contributed by atoms with van der Waals surface area (Å²) in [7, 11) is 0. The van der Waals surface area contributed by atoms with Crippen LogP contribution >= 0.6 is 11.3 Å². The van der Waals surface area contributed by atoms with Crippen LogP contribution in [0.2, 0.25) is 0 Å². The maximum atomic E-state index is 9.42. The fourth-order valence-electron chi connectivity index (χ4n) is 2.44. The number of ether oxygens (including phenoxy) is 1. The van der Waals surface area contributed by atoms with E-state index < -0.39 is 0 Å². The molecule has 0 atom stereocenters. The molecule has 0 radical (unpaired) electrons. The molecule has 1 aliphatic carbocycles. The molecule has 0 spiro atoms. The van der Waals surface area contributed by atoms with Gasteiger partial charge in [0.1, 0.15) is 5.75 Å². The highest BCUT2D eigenvalue weighted by atomic mass is 32.1. The summed E-state index contributed by atoms with van der Waals surface area (Å²) in [5, 5.41) is 10.5. The van der Waals surface area contributed by atoms with E-state index in [-0.39, 0.29) is 6.61 Å². The predicted octanol–water partition coefficient (Wildman–Crippen LogP) is 3.75. The summed E-state index contributed by atoms with van der Waals surface area (Å²) in [6.07, 6.45) is 3.24. The molecule has 3 rings (SSSR count). The second-order valence-electron chi connectivity index (χ2n) is 5.64. The number of aliphatic hydroxyl groups excluding tert-OH is 1. The largest absolute Gasteiger partial charge is 0.493 e. The van der Waals surface area contributed by atoms with Gasteiger partial charge in [0.25, 0.3) is 0 Å². The Labute approximate surface area is 129 Å². The van der Waals surface area contributed by atoms with E-state index in [0.717, 1.165) is 27.7 Å². The van der Waals surface area contributed by atoms with Gasteiger partial charge in [0.15, 0.2) is 0 Å². The fourth-order valence-corrected chi connectivity index (χ4v) is 3.43. The predicted molar refractivity (Wildman–Crippen MR) is 85.1 cm³/mol. The Morgan fingerprint density at radius 3 is 2.86 bits per heavy atom. The maximum Gasteiger partial charge on any atom is 0.122 e. The van der Waals surface area contributed by atoms with Gasteiger partial charge in [0.05, 0.1) is 28.8 Å². The van der Waals surface area contributed by atoms with Crippen LogP contribution in [0.1, 0.15) is 45.5 Å². The first-order chi connectivity index (χ1) is 10.2. The Morgan fingerprint density at radius 1 is 1.33 bits per heavy atom. The lowest BCUT2D eigenvalue weighted by molar-refractivity contribution is 0.284. The lowest BCUT2D eigenvalue weighted by Gasteiger charge is -2.09. The van der Waals surface area contributed by atoms with Gasteiger partial charge in [-0.05, 0) is 43.9 Å². The molecule has 3 nitrogen and oxygen atoms in total. The van der Waals surface area contributed by atoms with Crippen LogP contribution in [-0.2, 0) is 13.0 Å². The van der Waals surface area contributed by atoms with E-state index in [9.17, 15) is 5.11 Å². The zero-order valence-corrected chi connectivity index (χ0v) is 13.4. The van der Waals surface area contributed by atoms with Gasteiger partial charge in [-0.25, -0.2) is 4.98 Å². The summed E-state index contributed by atoms with van der Waals surface area (Å²) in [6, 6.07) is 6.13. The van der Waals surface area contributed by atoms with Crippen LogP contribution in [0.4, 0.5) is 0 Å². The van der Waals surface area contributed by atoms with Crippen LogP contribution in [0.3, 0.4) is 0 Å². The molecule has 2 aromatic rings. The minimum Gasteiger partial charge on any atom is -0.493 e. The Kier molecular flexibility index (Phi) is 4.27. The monoisotopic (exact) mass is 303 g/mol. The third-order valence-electron chi connectivity index (χ3n) is 4.01. The molecular weight excluding hydrogens is 282 g/mol. The van der Waals surface area contributed by atoms with Crippen LogP contribution in [0.5, 0.6) is 5.75 Å². The standard InChI is InChI=1S/C17H21NO2S/c1-11-4-3-5-14(12(11)2)20-9-8-16-18-17(13-6-7-13)15(10-19)21-16/h3-5,13,19H,6-10H2,1-2H3. The first-order valence-electron chi connectivity index (χ1n) is 7.47. The highest BCUT2D eigenvalue weighted by Gasteiger charge is 2.29. The molecule has 21 heavy (non-hydrogen) atoms. The van der Waals surface area contributed by atoms with Crippen molar-refractivity contribution in [3.8, 4) is 5.75 Å². The van der Waals surface area contributed by atoms with E-state index in [4.69, 9.17) is 9.72 Å². The number of nitrogens with zero attached hydrogens (tertiary/aromatic N) is 1. The van der Waals surface area contributed by atoms with Gasteiger partial charge in [0, 0.05) is 12.3 Å². The van der Waals surface area contributed by atoms with E-state index >= 15 is 0 Å². The lowest BCUT2D eigenvalue weighted by Crippen LogP contribution is -2.03. The number of aromatic nitrogens is 1. The number of hydrogen-bond donors (Lipinski definition) is 1. The first-order valence-corrected chi connectivity index (χ1v) is 8.29. The van der Waals surface area contributed by atoms with Crippen LogP contribution in [0, 0.1) is 13.8 Å². The molecule has 0 bridgehead atoms. The molecule has 1 fully saturated rings. The summed E-state index contributed by atoms with van der Waals surface area (Å²) < 4.78 is 5.88. The third kappa shape index (κ3) is 3.27. The second kappa shape index (κ2) is 6.16. The molecule has 1 heterocycles. The summed E-state index contributed by atoms with van der Waals surface area (Å²) in [6.45, 7) is 4.93. The van der Waals surface area contributed by atoms with Crippen molar-refractivity contribution >= 4 is 11.3 Å². The number of thiazole rings is 1. The van der Waals surface area contributed by atoms with Crippen LogP contribution in [0.25, 0.3) is 0 Å². The molecule has 4 heteroatoms. The van der Waals surface area contributed by atoms with E-state index in [1.807, 2.05) is 12.1 Å². The highest BCUT2D eigenvalue weighted by molar-refractivity contribution is 7.11. The van der Waals surface area contributed by atoms with E-state index in [1.165, 1.54) is 24.0 Å². The zero-order chi connectivity index (χ0) is 14.8. The quantitative estimate of drug-likeness (QED) is 0.883. The topological polar surface area (TPSA) is 42.4 Å². The normalized spacial score (nSPS) is 14.4. The molecule has 0 saturated heterocycles. The second-order valence-corrected chi connectivity index (χ2v) is 6.81. The van der Waals surface area contributed by atoms with E-state index in [0.29, 0.717) is 12.5 Å². The van der Waals surface area contributed by atoms with Gasteiger partial charge in [-0.3, -0.25) is 0 Å². The Hall–Kier alpha value is -1.39. The Morgan fingerprint density at radius 2 is 2.14 bits per heavy atom. The number of aryl methyl sites for hydroxylation is 1. The zero-order valence-electron chi connectivity index (χ0n) is 12.6. The van der Waals surface area contributed by atoms with Crippen molar-refractivity contribution in [1.29, 1.82) is 0 Å². The minimum absolute atomic E-state index is 0.112.